The number of benzene rings is 2. The normalized spacial score (nSPS) is 17.1. The minimum atomic E-state index is -0.563. The molecule has 0 radical (unpaired) electrons. The van der Waals surface area contributed by atoms with Crippen LogP contribution in [0.1, 0.15) is 32.1 Å². The second kappa shape index (κ2) is 7.34. The van der Waals surface area contributed by atoms with Crippen LogP contribution in [0, 0.1) is 0 Å². The monoisotopic (exact) mass is 378 g/mol. The van der Waals surface area contributed by atoms with Crippen LogP contribution >= 0.6 is 0 Å². The molecule has 4 rings (SSSR count). The number of imidazole rings is 1. The van der Waals surface area contributed by atoms with Gasteiger partial charge in [0.1, 0.15) is 11.6 Å². The van der Waals surface area contributed by atoms with Crippen LogP contribution in [0.15, 0.2) is 48.5 Å². The first kappa shape index (κ1) is 18.0. The van der Waals surface area contributed by atoms with Gasteiger partial charge >= 0.3 is 0 Å². The Morgan fingerprint density at radius 3 is 2.82 bits per heavy atom. The van der Waals surface area contributed by atoms with E-state index in [9.17, 15) is 9.59 Å². The predicted molar refractivity (Wildman–Crippen MR) is 106 cm³/mol. The number of H-pyrrole nitrogens is 1. The number of ether oxygens (including phenoxy) is 1. The van der Waals surface area contributed by atoms with Crippen LogP contribution in [0.2, 0.25) is 0 Å². The molecule has 2 amide bonds. The third-order valence-electron chi connectivity index (χ3n) is 4.83. The molecule has 2 N–H and O–H groups in total. The van der Waals surface area contributed by atoms with Crippen molar-refractivity contribution < 1.29 is 14.3 Å². The summed E-state index contributed by atoms with van der Waals surface area (Å²) in [7, 11) is 0. The van der Waals surface area contributed by atoms with Crippen molar-refractivity contribution in [3.05, 3.63) is 54.4 Å². The van der Waals surface area contributed by atoms with E-state index in [1.165, 1.54) is 0 Å². The molecule has 0 saturated carbocycles. The van der Waals surface area contributed by atoms with E-state index in [0.717, 1.165) is 11.0 Å². The van der Waals surface area contributed by atoms with Crippen LogP contribution in [-0.2, 0) is 9.59 Å². The highest BCUT2D eigenvalue weighted by molar-refractivity contribution is 6.00. The fourth-order valence-corrected chi connectivity index (χ4v) is 3.36. The van der Waals surface area contributed by atoms with E-state index in [-0.39, 0.29) is 24.3 Å². The van der Waals surface area contributed by atoms with Crippen molar-refractivity contribution in [2.24, 2.45) is 0 Å². The van der Waals surface area contributed by atoms with E-state index in [4.69, 9.17) is 4.74 Å². The Kier molecular flexibility index (Phi) is 4.73. The van der Waals surface area contributed by atoms with Crippen molar-refractivity contribution in [2.45, 2.75) is 32.4 Å². The maximum absolute atomic E-state index is 12.5. The minimum Gasteiger partial charge on any atom is -0.479 e. The Bertz CT molecular complexity index is 996. The van der Waals surface area contributed by atoms with E-state index < -0.39 is 6.10 Å². The van der Waals surface area contributed by atoms with E-state index in [1.54, 1.807) is 11.8 Å². The van der Waals surface area contributed by atoms with Gasteiger partial charge in [0, 0.05) is 13.0 Å². The van der Waals surface area contributed by atoms with Crippen molar-refractivity contribution in [3.63, 3.8) is 0 Å². The second-order valence-electron chi connectivity index (χ2n) is 6.90. The lowest BCUT2D eigenvalue weighted by atomic mass is 10.1. The maximum atomic E-state index is 12.5. The molecule has 3 aromatic rings. The first-order chi connectivity index (χ1) is 13.5. The third-order valence-corrected chi connectivity index (χ3v) is 4.83. The Labute approximate surface area is 162 Å². The van der Waals surface area contributed by atoms with Gasteiger partial charge in [0.05, 0.1) is 22.8 Å². The summed E-state index contributed by atoms with van der Waals surface area (Å²) in [5, 5.41) is 2.94. The molecule has 2 heterocycles. The van der Waals surface area contributed by atoms with Gasteiger partial charge < -0.3 is 19.9 Å². The quantitative estimate of drug-likeness (QED) is 0.715. The number of carbonyl (C=O) groups is 2. The summed E-state index contributed by atoms with van der Waals surface area (Å²) in [6, 6.07) is 14.8. The van der Waals surface area contributed by atoms with Crippen molar-refractivity contribution in [1.82, 2.24) is 15.3 Å². The Balaban J connectivity index is 1.41. The summed E-state index contributed by atoms with van der Waals surface area (Å²) < 4.78 is 5.63. The van der Waals surface area contributed by atoms with E-state index in [1.807, 2.05) is 55.5 Å². The lowest BCUT2D eigenvalue weighted by Crippen LogP contribution is -2.45. The van der Waals surface area contributed by atoms with Gasteiger partial charge in [-0.05, 0) is 38.1 Å². The van der Waals surface area contributed by atoms with Crippen LogP contribution in [-0.4, -0.2) is 34.4 Å². The van der Waals surface area contributed by atoms with E-state index >= 15 is 0 Å². The highest BCUT2D eigenvalue weighted by Crippen LogP contribution is 2.33. The number of amides is 2. The van der Waals surface area contributed by atoms with Crippen LogP contribution in [0.3, 0.4) is 0 Å². The van der Waals surface area contributed by atoms with Crippen molar-refractivity contribution in [2.75, 3.05) is 11.4 Å². The van der Waals surface area contributed by atoms with Gasteiger partial charge in [0.15, 0.2) is 6.10 Å². The van der Waals surface area contributed by atoms with Gasteiger partial charge in [0.25, 0.3) is 5.91 Å². The molecule has 1 aliphatic heterocycles. The number of hydrogen-bond acceptors (Lipinski definition) is 4. The molecule has 1 aromatic heterocycles. The Morgan fingerprint density at radius 1 is 1.25 bits per heavy atom. The molecule has 2 unspecified atom stereocenters. The molecule has 0 spiro atoms. The number of aromatic amines is 1. The second-order valence-corrected chi connectivity index (χ2v) is 6.90. The van der Waals surface area contributed by atoms with Crippen molar-refractivity contribution in [3.8, 4) is 5.75 Å². The molecule has 1 aliphatic rings. The summed E-state index contributed by atoms with van der Waals surface area (Å²) in [5.41, 5.74) is 2.50. The molecule has 0 fully saturated rings. The van der Waals surface area contributed by atoms with Crippen LogP contribution < -0.4 is 15.0 Å². The average Bonchev–Trinajstić information content (AvgIpc) is 3.13. The average molecular weight is 378 g/mol. The van der Waals surface area contributed by atoms with Gasteiger partial charge in [-0.2, -0.15) is 0 Å². The standard InChI is InChI=1S/C21H22N4O3/c1-13(20-23-15-7-3-4-8-16(15)24-20)22-19(26)11-12-25-17-9-5-6-10-18(17)28-14(2)21(25)27/h3-10,13-14H,11-12H2,1-2H3,(H,22,26)(H,23,24). The number of nitrogens with one attached hydrogen (secondary N) is 2. The molecule has 0 bridgehead atoms. The van der Waals surface area contributed by atoms with Gasteiger partial charge in [0.2, 0.25) is 5.91 Å². The predicted octanol–water partition coefficient (Wildman–Crippen LogP) is 2.94. The van der Waals surface area contributed by atoms with Crippen LogP contribution in [0.4, 0.5) is 5.69 Å². The highest BCUT2D eigenvalue weighted by Gasteiger charge is 2.31. The molecule has 7 heteroatoms. The third kappa shape index (κ3) is 3.43. The summed E-state index contributed by atoms with van der Waals surface area (Å²) >= 11 is 0. The molecular formula is C21H22N4O3. The summed E-state index contributed by atoms with van der Waals surface area (Å²) in [4.78, 5) is 34.3. The number of carbonyl (C=O) groups excluding carboxylic acids is 2. The number of aromatic nitrogens is 2. The number of anilines is 1. The molecule has 2 atom stereocenters. The molecular weight excluding hydrogens is 356 g/mol. The van der Waals surface area contributed by atoms with Crippen molar-refractivity contribution in [1.29, 1.82) is 0 Å². The summed E-state index contributed by atoms with van der Waals surface area (Å²) in [6.07, 6.45) is -0.371. The fraction of sp³-hybridized carbons (Fsp3) is 0.286. The highest BCUT2D eigenvalue weighted by atomic mass is 16.5. The summed E-state index contributed by atoms with van der Waals surface area (Å²) in [5.74, 6) is 1.08. The number of nitrogens with zero attached hydrogens (tertiary/aromatic N) is 2. The number of para-hydroxylation sites is 4. The summed E-state index contributed by atoms with van der Waals surface area (Å²) in [6.45, 7) is 3.89. The van der Waals surface area contributed by atoms with E-state index in [0.29, 0.717) is 23.8 Å². The molecule has 0 aliphatic carbocycles. The largest absolute Gasteiger partial charge is 0.479 e. The molecule has 7 nitrogen and oxygen atoms in total. The fourth-order valence-electron chi connectivity index (χ4n) is 3.36. The topological polar surface area (TPSA) is 87.3 Å². The zero-order chi connectivity index (χ0) is 19.7. The van der Waals surface area contributed by atoms with Gasteiger partial charge in [-0.25, -0.2) is 4.98 Å². The first-order valence-corrected chi connectivity index (χ1v) is 9.34. The van der Waals surface area contributed by atoms with Gasteiger partial charge in [-0.1, -0.05) is 24.3 Å². The van der Waals surface area contributed by atoms with Gasteiger partial charge in [-0.3, -0.25) is 9.59 Å². The number of fused-ring (bicyclic) bond motifs is 2. The minimum absolute atomic E-state index is 0.141. The van der Waals surface area contributed by atoms with Crippen molar-refractivity contribution >= 4 is 28.5 Å². The van der Waals surface area contributed by atoms with Gasteiger partial charge in [-0.15, -0.1) is 0 Å². The Morgan fingerprint density at radius 2 is 2.00 bits per heavy atom. The lowest BCUT2D eigenvalue weighted by molar-refractivity contribution is -0.125. The first-order valence-electron chi connectivity index (χ1n) is 9.34. The van der Waals surface area contributed by atoms with Crippen LogP contribution in [0.5, 0.6) is 5.75 Å². The van der Waals surface area contributed by atoms with Crippen LogP contribution in [0.25, 0.3) is 11.0 Å². The SMILES string of the molecule is CC1Oc2ccccc2N(CCC(=O)NC(C)c2nc3ccccc3[nH]2)C1=O. The molecule has 28 heavy (non-hydrogen) atoms. The molecule has 144 valence electrons. The molecule has 0 saturated heterocycles. The zero-order valence-electron chi connectivity index (χ0n) is 15.8. The Hall–Kier alpha value is -3.35. The maximum Gasteiger partial charge on any atom is 0.267 e. The van der Waals surface area contributed by atoms with E-state index in [2.05, 4.69) is 15.3 Å². The smallest absolute Gasteiger partial charge is 0.267 e. The zero-order valence-corrected chi connectivity index (χ0v) is 15.8. The number of hydrogen-bond donors (Lipinski definition) is 2. The molecule has 2 aromatic carbocycles. The lowest BCUT2D eigenvalue weighted by Gasteiger charge is -2.32. The number of rotatable bonds is 5.